The minimum absolute atomic E-state index is 1.08. The van der Waals surface area contributed by atoms with Gasteiger partial charge in [0.25, 0.3) is 0 Å². The topological polar surface area (TPSA) is 21.6 Å². The van der Waals surface area contributed by atoms with Crippen molar-refractivity contribution >= 4 is 6.21 Å². The Balaban J connectivity index is 2.52. The Bertz CT molecular complexity index is 264. The quantitative estimate of drug-likeness (QED) is 0.492. The number of benzene rings is 1. The second kappa shape index (κ2) is 5.13. The second-order valence-electron chi connectivity index (χ2n) is 2.21. The third-order valence-electron chi connectivity index (χ3n) is 1.31. The van der Waals surface area contributed by atoms with Crippen molar-refractivity contribution in [3.05, 3.63) is 48.4 Å². The van der Waals surface area contributed by atoms with Gasteiger partial charge in [-0.15, -0.1) is 0 Å². The van der Waals surface area contributed by atoms with Crippen LogP contribution in [0.5, 0.6) is 0 Å². The Morgan fingerprint density at radius 2 is 2.00 bits per heavy atom. The summed E-state index contributed by atoms with van der Waals surface area (Å²) in [7, 11) is 1.59. The van der Waals surface area contributed by atoms with Crippen LogP contribution in [0.15, 0.2) is 47.8 Å². The van der Waals surface area contributed by atoms with Gasteiger partial charge >= 0.3 is 0 Å². The number of hydrogen-bond donors (Lipinski definition) is 0. The van der Waals surface area contributed by atoms with Gasteiger partial charge in [-0.25, -0.2) is 0 Å². The smallest absolute Gasteiger partial charge is 0.101 e. The normalized spacial score (nSPS) is 11.1. The molecule has 0 heterocycles. The summed E-state index contributed by atoms with van der Waals surface area (Å²) in [5.74, 6) is 0. The molecule has 0 aliphatic carbocycles. The van der Waals surface area contributed by atoms with E-state index in [0.29, 0.717) is 0 Å². The molecule has 0 saturated carbocycles. The first-order valence-corrected chi connectivity index (χ1v) is 3.69. The fourth-order valence-corrected chi connectivity index (χ4v) is 0.764. The lowest BCUT2D eigenvalue weighted by atomic mass is 10.2. The van der Waals surface area contributed by atoms with Gasteiger partial charge in [-0.1, -0.05) is 30.3 Å². The van der Waals surface area contributed by atoms with E-state index in [1.165, 1.54) is 6.26 Å². The number of ether oxygens (including phenoxy) is 1. The highest BCUT2D eigenvalue weighted by Crippen LogP contribution is 1.93. The van der Waals surface area contributed by atoms with Gasteiger partial charge in [0.05, 0.1) is 13.3 Å². The lowest BCUT2D eigenvalue weighted by molar-refractivity contribution is 0.337. The van der Waals surface area contributed by atoms with E-state index in [0.717, 1.165) is 5.56 Å². The minimum Gasteiger partial charge on any atom is -0.503 e. The molecule has 0 aromatic heterocycles. The standard InChI is InChI=1S/C10H11NO/c1-12-8-7-11-9-10-5-3-2-4-6-10/h2-9H,1H3/b8-7+,11-9?. The average molecular weight is 161 g/mol. The summed E-state index contributed by atoms with van der Waals surface area (Å²) in [6.45, 7) is 0. The first kappa shape index (κ1) is 8.53. The second-order valence-corrected chi connectivity index (χ2v) is 2.21. The Hall–Kier alpha value is -1.57. The third-order valence-corrected chi connectivity index (χ3v) is 1.31. The van der Waals surface area contributed by atoms with Crippen LogP contribution in [0.1, 0.15) is 5.56 Å². The molecule has 62 valence electrons. The summed E-state index contributed by atoms with van der Waals surface area (Å²) < 4.78 is 4.69. The third kappa shape index (κ3) is 3.01. The van der Waals surface area contributed by atoms with E-state index >= 15 is 0 Å². The molecule has 0 N–H and O–H groups in total. The van der Waals surface area contributed by atoms with Crippen molar-refractivity contribution in [1.29, 1.82) is 0 Å². The highest BCUT2D eigenvalue weighted by atomic mass is 16.5. The summed E-state index contributed by atoms with van der Waals surface area (Å²) in [4.78, 5) is 4.00. The maximum absolute atomic E-state index is 4.69. The van der Waals surface area contributed by atoms with E-state index in [1.54, 1.807) is 19.5 Å². The Morgan fingerprint density at radius 3 is 2.67 bits per heavy atom. The molecule has 0 aliphatic rings. The van der Waals surface area contributed by atoms with Crippen molar-refractivity contribution in [2.75, 3.05) is 7.11 Å². The van der Waals surface area contributed by atoms with E-state index in [9.17, 15) is 0 Å². The molecule has 2 heteroatoms. The van der Waals surface area contributed by atoms with Crippen molar-refractivity contribution in [3.8, 4) is 0 Å². The van der Waals surface area contributed by atoms with Crippen LogP contribution in [0, 0.1) is 0 Å². The lowest BCUT2D eigenvalue weighted by Gasteiger charge is -1.87. The van der Waals surface area contributed by atoms with Crippen molar-refractivity contribution < 1.29 is 4.74 Å². The zero-order chi connectivity index (χ0) is 8.65. The number of methoxy groups -OCH3 is 1. The van der Waals surface area contributed by atoms with E-state index in [2.05, 4.69) is 9.73 Å². The van der Waals surface area contributed by atoms with Gasteiger partial charge in [-0.05, 0) is 5.56 Å². The van der Waals surface area contributed by atoms with E-state index in [1.807, 2.05) is 30.3 Å². The largest absolute Gasteiger partial charge is 0.503 e. The monoisotopic (exact) mass is 161 g/mol. The van der Waals surface area contributed by atoms with Crippen LogP contribution in [0.3, 0.4) is 0 Å². The predicted octanol–water partition coefficient (Wildman–Crippen LogP) is 2.22. The zero-order valence-corrected chi connectivity index (χ0v) is 6.97. The molecular formula is C10H11NO. The van der Waals surface area contributed by atoms with E-state index in [-0.39, 0.29) is 0 Å². The summed E-state index contributed by atoms with van der Waals surface area (Å²) in [6, 6.07) is 9.90. The highest BCUT2D eigenvalue weighted by molar-refractivity contribution is 5.79. The fraction of sp³-hybridized carbons (Fsp3) is 0.100. The van der Waals surface area contributed by atoms with Gasteiger partial charge in [0, 0.05) is 6.21 Å². The predicted molar refractivity (Wildman–Crippen MR) is 50.2 cm³/mol. The molecule has 0 aliphatic heterocycles. The van der Waals surface area contributed by atoms with Crippen LogP contribution in [-0.2, 0) is 4.74 Å². The molecule has 1 aromatic rings. The molecule has 0 saturated heterocycles. The summed E-state index contributed by atoms with van der Waals surface area (Å²) in [5.41, 5.74) is 1.08. The number of aliphatic imine (C=N–C) groups is 1. The van der Waals surface area contributed by atoms with Crippen molar-refractivity contribution in [2.24, 2.45) is 4.99 Å². The molecule has 1 aromatic carbocycles. The number of rotatable bonds is 3. The molecule has 12 heavy (non-hydrogen) atoms. The Labute approximate surface area is 72.2 Å². The van der Waals surface area contributed by atoms with Gasteiger partial charge in [-0.3, -0.25) is 4.99 Å². The highest BCUT2D eigenvalue weighted by Gasteiger charge is 1.80. The lowest BCUT2D eigenvalue weighted by Crippen LogP contribution is -1.76. The van der Waals surface area contributed by atoms with Crippen LogP contribution in [0.4, 0.5) is 0 Å². The van der Waals surface area contributed by atoms with Crippen LogP contribution in [0.2, 0.25) is 0 Å². The van der Waals surface area contributed by atoms with Crippen LogP contribution in [0.25, 0.3) is 0 Å². The maximum atomic E-state index is 4.69. The van der Waals surface area contributed by atoms with Gasteiger partial charge in [0.2, 0.25) is 0 Å². The van der Waals surface area contributed by atoms with Crippen molar-refractivity contribution in [3.63, 3.8) is 0 Å². The maximum Gasteiger partial charge on any atom is 0.101 e. The molecule has 1 rings (SSSR count). The van der Waals surface area contributed by atoms with Crippen LogP contribution >= 0.6 is 0 Å². The molecule has 0 fully saturated rings. The average Bonchev–Trinajstić information content (AvgIpc) is 2.14. The van der Waals surface area contributed by atoms with Crippen molar-refractivity contribution in [1.82, 2.24) is 0 Å². The SMILES string of the molecule is CO/C=C/N=Cc1ccccc1. The van der Waals surface area contributed by atoms with Crippen molar-refractivity contribution in [2.45, 2.75) is 0 Å². The first-order chi connectivity index (χ1) is 5.93. The molecule has 0 atom stereocenters. The molecular weight excluding hydrogens is 150 g/mol. The molecule has 0 unspecified atom stereocenters. The summed E-state index contributed by atoms with van der Waals surface area (Å²) in [5, 5.41) is 0. The van der Waals surface area contributed by atoms with Gasteiger partial charge in [0.1, 0.15) is 6.26 Å². The summed E-state index contributed by atoms with van der Waals surface area (Å²) in [6.07, 6.45) is 4.90. The van der Waals surface area contributed by atoms with E-state index in [4.69, 9.17) is 0 Å². The zero-order valence-electron chi connectivity index (χ0n) is 6.97. The molecule has 0 amide bonds. The van der Waals surface area contributed by atoms with E-state index < -0.39 is 0 Å². The Kier molecular flexibility index (Phi) is 3.64. The first-order valence-electron chi connectivity index (χ1n) is 3.69. The molecule has 0 bridgehead atoms. The molecule has 2 nitrogen and oxygen atoms in total. The summed E-state index contributed by atoms with van der Waals surface area (Å²) >= 11 is 0. The van der Waals surface area contributed by atoms with Crippen LogP contribution < -0.4 is 0 Å². The molecule has 0 spiro atoms. The van der Waals surface area contributed by atoms with Gasteiger partial charge in [-0.2, -0.15) is 0 Å². The number of nitrogens with zero attached hydrogens (tertiary/aromatic N) is 1. The van der Waals surface area contributed by atoms with Gasteiger partial charge in [0.15, 0.2) is 0 Å². The molecule has 0 radical (unpaired) electrons. The van der Waals surface area contributed by atoms with Crippen LogP contribution in [-0.4, -0.2) is 13.3 Å². The fourth-order valence-electron chi connectivity index (χ4n) is 0.764. The number of hydrogen-bond acceptors (Lipinski definition) is 2. The Morgan fingerprint density at radius 1 is 1.25 bits per heavy atom. The van der Waals surface area contributed by atoms with Gasteiger partial charge < -0.3 is 4.74 Å². The minimum atomic E-state index is 1.08.